The summed E-state index contributed by atoms with van der Waals surface area (Å²) in [5, 5.41) is 0.668. The topological polar surface area (TPSA) is 59.4 Å². The Morgan fingerprint density at radius 3 is 2.36 bits per heavy atom. The van der Waals surface area contributed by atoms with E-state index in [0.717, 1.165) is 49.4 Å². The highest BCUT2D eigenvalue weighted by atomic mass is 32.2. The molecule has 0 atom stereocenters. The van der Waals surface area contributed by atoms with Gasteiger partial charge in [-0.1, -0.05) is 24.6 Å². The van der Waals surface area contributed by atoms with Gasteiger partial charge < -0.3 is 4.90 Å². The van der Waals surface area contributed by atoms with Gasteiger partial charge in [-0.25, -0.2) is 12.4 Å². The molecule has 1 aliphatic rings. The third-order valence-electron chi connectivity index (χ3n) is 5.64. The van der Waals surface area contributed by atoms with Crippen LogP contribution in [0.5, 0.6) is 0 Å². The van der Waals surface area contributed by atoms with E-state index >= 15 is 0 Å². The molecular formula is C22H24N2O3S. The van der Waals surface area contributed by atoms with Crippen molar-refractivity contribution in [3.8, 4) is 0 Å². The minimum Gasteiger partial charge on any atom is -0.371 e. The summed E-state index contributed by atoms with van der Waals surface area (Å²) >= 11 is 0. The molecule has 6 heteroatoms. The summed E-state index contributed by atoms with van der Waals surface area (Å²) in [6, 6.07) is 12.4. The van der Waals surface area contributed by atoms with E-state index in [4.69, 9.17) is 0 Å². The van der Waals surface area contributed by atoms with Gasteiger partial charge in [-0.15, -0.1) is 0 Å². The van der Waals surface area contributed by atoms with Crippen LogP contribution in [0.15, 0.2) is 53.6 Å². The second kappa shape index (κ2) is 7.09. The fraction of sp³-hybridized carbons (Fsp3) is 0.318. The number of hydrogen-bond acceptors (Lipinski definition) is 4. The molecule has 1 aliphatic heterocycles. The Hall–Kier alpha value is -2.60. The van der Waals surface area contributed by atoms with Crippen LogP contribution in [-0.4, -0.2) is 31.8 Å². The van der Waals surface area contributed by atoms with Crippen molar-refractivity contribution in [2.24, 2.45) is 5.92 Å². The van der Waals surface area contributed by atoms with Gasteiger partial charge in [0.2, 0.25) is 0 Å². The Bertz CT molecular complexity index is 1120. The SMILES string of the molecule is Cc1ccc(S(=O)(=O)n2cc(C=O)c3cc(N4CCC(C)CC4)ccc32)cc1. The minimum atomic E-state index is -3.77. The zero-order valence-electron chi connectivity index (χ0n) is 16.1. The maximum absolute atomic E-state index is 13.1. The summed E-state index contributed by atoms with van der Waals surface area (Å²) in [5.74, 6) is 0.728. The smallest absolute Gasteiger partial charge is 0.268 e. The van der Waals surface area contributed by atoms with Gasteiger partial charge in [0.15, 0.2) is 6.29 Å². The molecule has 0 amide bonds. The summed E-state index contributed by atoms with van der Waals surface area (Å²) in [7, 11) is -3.77. The molecule has 0 bridgehead atoms. The molecule has 146 valence electrons. The lowest BCUT2D eigenvalue weighted by molar-refractivity contribution is 0.112. The van der Waals surface area contributed by atoms with E-state index in [1.54, 1.807) is 30.3 Å². The first-order valence-electron chi connectivity index (χ1n) is 9.57. The van der Waals surface area contributed by atoms with Crippen molar-refractivity contribution in [3.63, 3.8) is 0 Å². The first kappa shape index (κ1) is 18.7. The van der Waals surface area contributed by atoms with Crippen LogP contribution >= 0.6 is 0 Å². The van der Waals surface area contributed by atoms with Crippen LogP contribution in [0.25, 0.3) is 10.9 Å². The Kier molecular flexibility index (Phi) is 4.75. The number of aryl methyl sites for hydroxylation is 1. The predicted octanol–water partition coefficient (Wildman–Crippen LogP) is 4.24. The Morgan fingerprint density at radius 1 is 1.04 bits per heavy atom. The first-order chi connectivity index (χ1) is 13.4. The largest absolute Gasteiger partial charge is 0.371 e. The second-order valence-electron chi connectivity index (χ2n) is 7.69. The molecule has 5 nitrogen and oxygen atoms in total. The summed E-state index contributed by atoms with van der Waals surface area (Å²) in [4.78, 5) is 14.2. The molecule has 0 spiro atoms. The monoisotopic (exact) mass is 396 g/mol. The Morgan fingerprint density at radius 2 is 1.71 bits per heavy atom. The van der Waals surface area contributed by atoms with Gasteiger partial charge in [-0.2, -0.15) is 0 Å². The molecular weight excluding hydrogens is 372 g/mol. The van der Waals surface area contributed by atoms with E-state index < -0.39 is 10.0 Å². The summed E-state index contributed by atoms with van der Waals surface area (Å²) in [6.45, 7) is 6.13. The fourth-order valence-corrected chi connectivity index (χ4v) is 5.17. The summed E-state index contributed by atoms with van der Waals surface area (Å²) in [6.07, 6.45) is 4.43. The maximum Gasteiger partial charge on any atom is 0.268 e. The Labute approximate surface area is 165 Å². The number of hydrogen-bond donors (Lipinski definition) is 0. The number of benzene rings is 2. The molecule has 28 heavy (non-hydrogen) atoms. The number of aromatic nitrogens is 1. The third kappa shape index (κ3) is 3.22. The number of aldehydes is 1. The highest BCUT2D eigenvalue weighted by molar-refractivity contribution is 7.90. The van der Waals surface area contributed by atoms with Gasteiger partial charge in [-0.05, 0) is 56.0 Å². The van der Waals surface area contributed by atoms with Crippen LogP contribution in [0.1, 0.15) is 35.7 Å². The number of carbonyl (C=O) groups excluding carboxylic acids is 1. The predicted molar refractivity (Wildman–Crippen MR) is 112 cm³/mol. The fourth-order valence-electron chi connectivity index (χ4n) is 3.79. The molecule has 1 saturated heterocycles. The van der Waals surface area contributed by atoms with Gasteiger partial charge in [0.25, 0.3) is 10.0 Å². The van der Waals surface area contributed by atoms with Crippen molar-refractivity contribution in [1.82, 2.24) is 3.97 Å². The molecule has 0 radical (unpaired) electrons. The second-order valence-corrected chi connectivity index (χ2v) is 9.50. The van der Waals surface area contributed by atoms with Crippen molar-refractivity contribution >= 4 is 32.9 Å². The number of carbonyl (C=O) groups is 1. The Balaban J connectivity index is 1.80. The maximum atomic E-state index is 13.1. The average Bonchev–Trinajstić information content (AvgIpc) is 3.07. The van der Waals surface area contributed by atoms with Crippen LogP contribution in [0.3, 0.4) is 0 Å². The van der Waals surface area contributed by atoms with Crippen LogP contribution in [0.2, 0.25) is 0 Å². The molecule has 0 unspecified atom stereocenters. The number of fused-ring (bicyclic) bond motifs is 1. The molecule has 0 saturated carbocycles. The summed E-state index contributed by atoms with van der Waals surface area (Å²) in [5.41, 5.74) is 2.94. The average molecular weight is 397 g/mol. The van der Waals surface area contributed by atoms with Gasteiger partial charge in [0.05, 0.1) is 10.4 Å². The van der Waals surface area contributed by atoms with Crippen molar-refractivity contribution in [1.29, 1.82) is 0 Å². The van der Waals surface area contributed by atoms with Crippen LogP contribution in [0, 0.1) is 12.8 Å². The number of rotatable bonds is 4. The minimum absolute atomic E-state index is 0.210. The van der Waals surface area contributed by atoms with Gasteiger partial charge in [0.1, 0.15) is 0 Å². The lowest BCUT2D eigenvalue weighted by Crippen LogP contribution is -2.32. The van der Waals surface area contributed by atoms with Gasteiger partial charge >= 0.3 is 0 Å². The number of nitrogens with zero attached hydrogens (tertiary/aromatic N) is 2. The van der Waals surface area contributed by atoms with Gasteiger partial charge in [0, 0.05) is 35.9 Å². The first-order valence-corrected chi connectivity index (χ1v) is 11.0. The van der Waals surface area contributed by atoms with Crippen LogP contribution in [0.4, 0.5) is 5.69 Å². The molecule has 2 aromatic carbocycles. The highest BCUT2D eigenvalue weighted by Gasteiger charge is 2.23. The van der Waals surface area contributed by atoms with E-state index in [1.165, 1.54) is 10.2 Å². The van der Waals surface area contributed by atoms with E-state index in [9.17, 15) is 13.2 Å². The lowest BCUT2D eigenvalue weighted by atomic mass is 9.98. The van der Waals surface area contributed by atoms with E-state index in [-0.39, 0.29) is 4.90 Å². The molecule has 4 rings (SSSR count). The molecule has 3 aromatic rings. The molecule has 1 aromatic heterocycles. The summed E-state index contributed by atoms with van der Waals surface area (Å²) < 4.78 is 27.5. The highest BCUT2D eigenvalue weighted by Crippen LogP contribution is 2.31. The standard InChI is InChI=1S/C22H24N2O3S/c1-16-3-6-20(7-4-16)28(26,27)24-14-18(15-25)21-13-19(5-8-22(21)24)23-11-9-17(2)10-12-23/h3-8,13-15,17H,9-12H2,1-2H3. The van der Waals surface area contributed by atoms with E-state index in [2.05, 4.69) is 11.8 Å². The molecule has 2 heterocycles. The van der Waals surface area contributed by atoms with Crippen LogP contribution in [-0.2, 0) is 10.0 Å². The van der Waals surface area contributed by atoms with Crippen LogP contribution < -0.4 is 4.90 Å². The van der Waals surface area contributed by atoms with Crippen molar-refractivity contribution in [3.05, 3.63) is 59.8 Å². The lowest BCUT2D eigenvalue weighted by Gasteiger charge is -2.32. The van der Waals surface area contributed by atoms with E-state index in [1.807, 2.05) is 19.1 Å². The normalized spacial score (nSPS) is 15.9. The van der Waals surface area contributed by atoms with Crippen molar-refractivity contribution in [2.75, 3.05) is 18.0 Å². The van der Waals surface area contributed by atoms with Gasteiger partial charge in [-0.3, -0.25) is 4.79 Å². The molecule has 0 N–H and O–H groups in total. The van der Waals surface area contributed by atoms with Crippen molar-refractivity contribution < 1.29 is 13.2 Å². The molecule has 1 fully saturated rings. The quantitative estimate of drug-likeness (QED) is 0.619. The van der Waals surface area contributed by atoms with Crippen molar-refractivity contribution in [2.45, 2.75) is 31.6 Å². The zero-order valence-corrected chi connectivity index (χ0v) is 16.9. The number of anilines is 1. The zero-order chi connectivity index (χ0) is 19.9. The molecule has 0 aliphatic carbocycles. The number of piperidine rings is 1. The third-order valence-corrected chi connectivity index (χ3v) is 7.33. The van der Waals surface area contributed by atoms with E-state index in [0.29, 0.717) is 16.5 Å².